The predicted octanol–water partition coefficient (Wildman–Crippen LogP) is 3.74. The number of hydrogen-bond acceptors (Lipinski definition) is 4. The average molecular weight is 315 g/mol. The van der Waals surface area contributed by atoms with Crippen molar-refractivity contribution in [3.8, 4) is 22.8 Å². The summed E-state index contributed by atoms with van der Waals surface area (Å²) >= 11 is 0. The first-order valence-electron chi connectivity index (χ1n) is 6.70. The van der Waals surface area contributed by atoms with Gasteiger partial charge in [0.25, 0.3) is 5.88 Å². The first-order valence-corrected chi connectivity index (χ1v) is 6.70. The van der Waals surface area contributed by atoms with Gasteiger partial charge in [-0.15, -0.1) is 0 Å². The van der Waals surface area contributed by atoms with Gasteiger partial charge >= 0.3 is 0 Å². The topological polar surface area (TPSA) is 67.9 Å². The minimum absolute atomic E-state index is 0.0576. The van der Waals surface area contributed by atoms with Gasteiger partial charge in [-0.25, -0.2) is 8.78 Å². The molecule has 5 nitrogen and oxygen atoms in total. The number of nitrogens with zero attached hydrogens (tertiary/aromatic N) is 2. The number of carbonyl (C=O) groups excluding carboxylic acids is 1. The molecule has 0 saturated heterocycles. The molecule has 1 heterocycles. The number of Topliss-reactive ketones (excluding diaryl/α,β-unsaturated/α-hetero) is 1. The van der Waals surface area contributed by atoms with Crippen molar-refractivity contribution >= 4 is 5.78 Å². The van der Waals surface area contributed by atoms with Crippen molar-refractivity contribution in [2.45, 2.75) is 6.92 Å². The van der Waals surface area contributed by atoms with Crippen LogP contribution in [0, 0.1) is 11.6 Å². The van der Waals surface area contributed by atoms with Crippen molar-refractivity contribution in [1.82, 2.24) is 15.4 Å². The molecular formula is C16H11F2N3O2. The molecular weight excluding hydrogens is 304 g/mol. The summed E-state index contributed by atoms with van der Waals surface area (Å²) in [5, 5.41) is 9.64. The molecule has 7 heteroatoms. The second kappa shape index (κ2) is 5.96. The summed E-state index contributed by atoms with van der Waals surface area (Å²) in [6.07, 6.45) is 0. The second-order valence-electron chi connectivity index (χ2n) is 4.78. The molecule has 1 aromatic heterocycles. The number of hydrogen-bond donors (Lipinski definition) is 1. The number of aromatic amines is 1. The van der Waals surface area contributed by atoms with Crippen LogP contribution in [0.4, 0.5) is 8.78 Å². The Labute approximate surface area is 129 Å². The first kappa shape index (κ1) is 14.8. The summed E-state index contributed by atoms with van der Waals surface area (Å²) < 4.78 is 32.5. The van der Waals surface area contributed by atoms with Crippen LogP contribution in [-0.2, 0) is 0 Å². The number of H-pyrrole nitrogens is 1. The Morgan fingerprint density at radius 3 is 2.57 bits per heavy atom. The van der Waals surface area contributed by atoms with Gasteiger partial charge in [0, 0.05) is 12.5 Å². The Balaban J connectivity index is 1.86. The highest BCUT2D eigenvalue weighted by molar-refractivity contribution is 5.94. The number of carbonyl (C=O) groups is 1. The van der Waals surface area contributed by atoms with Gasteiger partial charge in [-0.1, -0.05) is 34.6 Å². The zero-order valence-electron chi connectivity index (χ0n) is 12.0. The SMILES string of the molecule is CC(=O)c1[nH]nnc1Oc1ccc(-c2cccc(F)c2F)cc1. The number of halogens is 2. The van der Waals surface area contributed by atoms with Gasteiger partial charge < -0.3 is 4.74 Å². The second-order valence-corrected chi connectivity index (χ2v) is 4.78. The molecule has 0 aliphatic heterocycles. The Hall–Kier alpha value is -3.09. The van der Waals surface area contributed by atoms with Crippen LogP contribution in [0.2, 0.25) is 0 Å². The van der Waals surface area contributed by atoms with Gasteiger partial charge in [0.15, 0.2) is 23.1 Å². The molecule has 0 fully saturated rings. The Morgan fingerprint density at radius 1 is 1.13 bits per heavy atom. The van der Waals surface area contributed by atoms with Crippen LogP contribution in [0.15, 0.2) is 42.5 Å². The lowest BCUT2D eigenvalue weighted by molar-refractivity contribution is 0.101. The Kier molecular flexibility index (Phi) is 3.84. The number of ketones is 1. The van der Waals surface area contributed by atoms with E-state index in [9.17, 15) is 13.6 Å². The quantitative estimate of drug-likeness (QED) is 0.745. The van der Waals surface area contributed by atoms with Crippen LogP contribution < -0.4 is 4.74 Å². The van der Waals surface area contributed by atoms with Crippen molar-refractivity contribution in [3.05, 3.63) is 59.8 Å². The summed E-state index contributed by atoms with van der Waals surface area (Å²) in [7, 11) is 0. The Bertz CT molecular complexity index is 860. The van der Waals surface area contributed by atoms with E-state index in [2.05, 4.69) is 15.4 Å². The van der Waals surface area contributed by atoms with Crippen LogP contribution in [0.25, 0.3) is 11.1 Å². The van der Waals surface area contributed by atoms with Gasteiger partial charge in [0.05, 0.1) is 0 Å². The lowest BCUT2D eigenvalue weighted by atomic mass is 10.0. The monoisotopic (exact) mass is 315 g/mol. The van der Waals surface area contributed by atoms with Crippen molar-refractivity contribution in [3.63, 3.8) is 0 Å². The molecule has 0 radical (unpaired) electrons. The van der Waals surface area contributed by atoms with Crippen molar-refractivity contribution in [2.75, 3.05) is 0 Å². The highest BCUT2D eigenvalue weighted by Crippen LogP contribution is 2.28. The third-order valence-corrected chi connectivity index (χ3v) is 3.20. The third kappa shape index (κ3) is 2.94. The predicted molar refractivity (Wildman–Crippen MR) is 78.3 cm³/mol. The van der Waals surface area contributed by atoms with Crippen LogP contribution >= 0.6 is 0 Å². The van der Waals surface area contributed by atoms with E-state index < -0.39 is 11.6 Å². The summed E-state index contributed by atoms with van der Waals surface area (Å²) in [5.41, 5.74) is 0.814. The van der Waals surface area contributed by atoms with Gasteiger partial charge in [-0.3, -0.25) is 9.89 Å². The molecule has 0 atom stereocenters. The molecule has 23 heavy (non-hydrogen) atoms. The summed E-state index contributed by atoms with van der Waals surface area (Å²) in [4.78, 5) is 11.4. The maximum Gasteiger partial charge on any atom is 0.269 e. The minimum Gasteiger partial charge on any atom is -0.436 e. The largest absolute Gasteiger partial charge is 0.436 e. The highest BCUT2D eigenvalue weighted by atomic mass is 19.2. The van der Waals surface area contributed by atoms with Crippen molar-refractivity contribution < 1.29 is 18.3 Å². The molecule has 1 N–H and O–H groups in total. The fraction of sp³-hybridized carbons (Fsp3) is 0.0625. The molecule has 0 aliphatic carbocycles. The van der Waals surface area contributed by atoms with E-state index in [0.29, 0.717) is 11.3 Å². The van der Waals surface area contributed by atoms with Crippen molar-refractivity contribution in [1.29, 1.82) is 0 Å². The van der Waals surface area contributed by atoms with E-state index in [0.717, 1.165) is 6.07 Å². The number of benzene rings is 2. The normalized spacial score (nSPS) is 10.6. The van der Waals surface area contributed by atoms with E-state index in [1.54, 1.807) is 24.3 Å². The summed E-state index contributed by atoms with van der Waals surface area (Å²) in [6, 6.07) is 10.3. The molecule has 3 aromatic rings. The van der Waals surface area contributed by atoms with Crippen LogP contribution in [0.5, 0.6) is 11.6 Å². The molecule has 0 aliphatic rings. The molecule has 0 saturated carbocycles. The molecule has 0 spiro atoms. The Morgan fingerprint density at radius 2 is 1.87 bits per heavy atom. The first-order chi connectivity index (χ1) is 11.1. The lowest BCUT2D eigenvalue weighted by Gasteiger charge is -2.06. The van der Waals surface area contributed by atoms with Gasteiger partial charge in [-0.05, 0) is 23.8 Å². The van der Waals surface area contributed by atoms with Gasteiger partial charge in [-0.2, -0.15) is 0 Å². The van der Waals surface area contributed by atoms with Crippen LogP contribution in [-0.4, -0.2) is 21.2 Å². The zero-order chi connectivity index (χ0) is 16.4. The molecule has 0 bridgehead atoms. The van der Waals surface area contributed by atoms with Gasteiger partial charge in [0.1, 0.15) is 5.75 Å². The third-order valence-electron chi connectivity index (χ3n) is 3.20. The number of aromatic nitrogens is 3. The van der Waals surface area contributed by atoms with E-state index in [1.807, 2.05) is 0 Å². The molecule has 2 aromatic carbocycles. The van der Waals surface area contributed by atoms with E-state index in [4.69, 9.17) is 4.74 Å². The van der Waals surface area contributed by atoms with Crippen LogP contribution in [0.1, 0.15) is 17.4 Å². The smallest absolute Gasteiger partial charge is 0.269 e. The summed E-state index contributed by atoms with van der Waals surface area (Å²) in [6.45, 7) is 1.36. The molecule has 0 unspecified atom stereocenters. The number of nitrogens with one attached hydrogen (secondary N) is 1. The molecule has 116 valence electrons. The fourth-order valence-electron chi connectivity index (χ4n) is 2.06. The van der Waals surface area contributed by atoms with E-state index in [-0.39, 0.29) is 22.9 Å². The maximum absolute atomic E-state index is 13.8. The minimum atomic E-state index is -0.906. The highest BCUT2D eigenvalue weighted by Gasteiger charge is 2.14. The van der Waals surface area contributed by atoms with E-state index >= 15 is 0 Å². The van der Waals surface area contributed by atoms with Crippen LogP contribution in [0.3, 0.4) is 0 Å². The summed E-state index contributed by atoms with van der Waals surface area (Å²) in [5.74, 6) is -1.62. The number of ether oxygens (including phenoxy) is 1. The van der Waals surface area contributed by atoms with Crippen molar-refractivity contribution in [2.24, 2.45) is 0 Å². The molecule has 0 amide bonds. The standard InChI is InChI=1S/C16H11F2N3O2/c1-9(22)15-16(20-21-19-15)23-11-7-5-10(6-8-11)12-3-2-4-13(17)14(12)18/h2-8H,1H3,(H,19,20,21). The maximum atomic E-state index is 13.8. The lowest BCUT2D eigenvalue weighted by Crippen LogP contribution is -1.96. The zero-order valence-corrected chi connectivity index (χ0v) is 12.0. The molecule has 3 rings (SSSR count). The fourth-order valence-corrected chi connectivity index (χ4v) is 2.06. The van der Waals surface area contributed by atoms with Gasteiger partial charge in [0.2, 0.25) is 0 Å². The van der Waals surface area contributed by atoms with E-state index in [1.165, 1.54) is 19.1 Å². The average Bonchev–Trinajstić information content (AvgIpc) is 2.99. The number of rotatable bonds is 4.